The molecule has 0 N–H and O–H groups in total. The van der Waals surface area contributed by atoms with Gasteiger partial charge in [0.25, 0.3) is 0 Å². The number of rotatable bonds is 16. The van der Waals surface area contributed by atoms with Gasteiger partial charge >= 0.3 is 0 Å². The summed E-state index contributed by atoms with van der Waals surface area (Å²) >= 11 is 3.32. The predicted octanol–water partition coefficient (Wildman–Crippen LogP) is 5.34. The SMILES string of the molecule is CCCCCCCCCCCCOCCOCCBr. The van der Waals surface area contributed by atoms with Crippen molar-refractivity contribution in [3.8, 4) is 0 Å². The normalized spacial score (nSPS) is 11.1. The lowest BCUT2D eigenvalue weighted by Gasteiger charge is -2.05. The van der Waals surface area contributed by atoms with E-state index in [1.54, 1.807) is 0 Å². The molecule has 0 fully saturated rings. The van der Waals surface area contributed by atoms with Gasteiger partial charge in [-0.05, 0) is 6.42 Å². The molecule has 0 aromatic heterocycles. The van der Waals surface area contributed by atoms with Crippen LogP contribution < -0.4 is 0 Å². The maximum atomic E-state index is 5.51. The Bertz CT molecular complexity index is 138. The quantitative estimate of drug-likeness (QED) is 0.280. The van der Waals surface area contributed by atoms with Gasteiger partial charge in [0.1, 0.15) is 0 Å². The van der Waals surface area contributed by atoms with Gasteiger partial charge in [0, 0.05) is 11.9 Å². The minimum absolute atomic E-state index is 0.726. The Kier molecular flexibility index (Phi) is 18.8. The molecule has 0 aromatic carbocycles. The largest absolute Gasteiger partial charge is 0.379 e. The molecular formula is C16H33BrO2. The van der Waals surface area contributed by atoms with Crippen LogP contribution in [0.2, 0.25) is 0 Å². The zero-order valence-electron chi connectivity index (χ0n) is 12.8. The molecule has 3 heteroatoms. The lowest BCUT2D eigenvalue weighted by Crippen LogP contribution is -2.06. The highest BCUT2D eigenvalue weighted by atomic mass is 79.9. The van der Waals surface area contributed by atoms with Gasteiger partial charge in [0.05, 0.1) is 19.8 Å². The van der Waals surface area contributed by atoms with Crippen LogP contribution in [0.4, 0.5) is 0 Å². The van der Waals surface area contributed by atoms with Crippen molar-refractivity contribution in [1.82, 2.24) is 0 Å². The fraction of sp³-hybridized carbons (Fsp3) is 1.00. The second-order valence-corrected chi connectivity index (χ2v) is 5.89. The first-order chi connectivity index (χ1) is 9.41. The first-order valence-corrected chi connectivity index (χ1v) is 9.25. The summed E-state index contributed by atoms with van der Waals surface area (Å²) in [7, 11) is 0. The third-order valence-electron chi connectivity index (χ3n) is 3.24. The molecule has 0 rings (SSSR count). The summed E-state index contributed by atoms with van der Waals surface area (Å²) in [6.07, 6.45) is 13.8. The van der Waals surface area contributed by atoms with Crippen LogP contribution in [0.15, 0.2) is 0 Å². The molecule has 0 aromatic rings. The summed E-state index contributed by atoms with van der Waals surface area (Å²) in [4.78, 5) is 0. The highest BCUT2D eigenvalue weighted by molar-refractivity contribution is 9.09. The van der Waals surface area contributed by atoms with Gasteiger partial charge in [-0.25, -0.2) is 0 Å². The number of hydrogen-bond acceptors (Lipinski definition) is 2. The van der Waals surface area contributed by atoms with Crippen molar-refractivity contribution >= 4 is 15.9 Å². The number of hydrogen-bond donors (Lipinski definition) is 0. The topological polar surface area (TPSA) is 18.5 Å². The van der Waals surface area contributed by atoms with Crippen molar-refractivity contribution in [2.24, 2.45) is 0 Å². The van der Waals surface area contributed by atoms with E-state index in [0.717, 1.165) is 31.8 Å². The minimum atomic E-state index is 0.726. The summed E-state index contributed by atoms with van der Waals surface area (Å²) in [6, 6.07) is 0. The average molecular weight is 337 g/mol. The van der Waals surface area contributed by atoms with Crippen molar-refractivity contribution in [1.29, 1.82) is 0 Å². The molecule has 0 unspecified atom stereocenters. The van der Waals surface area contributed by atoms with Gasteiger partial charge in [0.15, 0.2) is 0 Å². The zero-order chi connectivity index (χ0) is 14.0. The van der Waals surface area contributed by atoms with E-state index in [9.17, 15) is 0 Å². The molecule has 0 aliphatic heterocycles. The Labute approximate surface area is 128 Å². The van der Waals surface area contributed by atoms with Gasteiger partial charge in [-0.3, -0.25) is 0 Å². The van der Waals surface area contributed by atoms with E-state index in [4.69, 9.17) is 9.47 Å². The molecule has 0 spiro atoms. The van der Waals surface area contributed by atoms with Crippen molar-refractivity contribution in [3.05, 3.63) is 0 Å². The van der Waals surface area contributed by atoms with E-state index in [2.05, 4.69) is 22.9 Å². The Morgan fingerprint density at radius 1 is 0.579 bits per heavy atom. The predicted molar refractivity (Wildman–Crippen MR) is 87.3 cm³/mol. The summed E-state index contributed by atoms with van der Waals surface area (Å²) < 4.78 is 10.8. The van der Waals surface area contributed by atoms with Crippen LogP contribution in [0, 0.1) is 0 Å². The molecule has 0 aliphatic rings. The van der Waals surface area contributed by atoms with E-state index < -0.39 is 0 Å². The molecule has 0 heterocycles. The van der Waals surface area contributed by atoms with Gasteiger partial charge in [-0.15, -0.1) is 0 Å². The fourth-order valence-electron chi connectivity index (χ4n) is 2.07. The van der Waals surface area contributed by atoms with Crippen LogP contribution in [0.5, 0.6) is 0 Å². The van der Waals surface area contributed by atoms with Gasteiger partial charge in [-0.1, -0.05) is 80.6 Å². The second-order valence-electron chi connectivity index (χ2n) is 5.10. The van der Waals surface area contributed by atoms with E-state index in [0.29, 0.717) is 0 Å². The van der Waals surface area contributed by atoms with E-state index in [-0.39, 0.29) is 0 Å². The Morgan fingerprint density at radius 2 is 1.05 bits per heavy atom. The first-order valence-electron chi connectivity index (χ1n) is 8.13. The molecule has 0 radical (unpaired) electrons. The molecule has 0 saturated carbocycles. The first kappa shape index (κ1) is 19.4. The fourth-order valence-corrected chi connectivity index (χ4v) is 2.30. The summed E-state index contributed by atoms with van der Waals surface area (Å²) in [5, 5.41) is 0.908. The Balaban J connectivity index is 2.88. The van der Waals surface area contributed by atoms with Gasteiger partial charge in [0.2, 0.25) is 0 Å². The molecule has 2 nitrogen and oxygen atoms in total. The molecule has 0 amide bonds. The molecule has 0 saturated heterocycles. The van der Waals surface area contributed by atoms with Crippen LogP contribution in [0.1, 0.15) is 71.1 Å². The number of ether oxygens (including phenoxy) is 2. The van der Waals surface area contributed by atoms with Crippen LogP contribution in [0.3, 0.4) is 0 Å². The smallest absolute Gasteiger partial charge is 0.0700 e. The lowest BCUT2D eigenvalue weighted by molar-refractivity contribution is 0.0524. The molecule has 116 valence electrons. The van der Waals surface area contributed by atoms with Crippen LogP contribution in [-0.4, -0.2) is 31.8 Å². The third-order valence-corrected chi connectivity index (χ3v) is 3.56. The van der Waals surface area contributed by atoms with Gasteiger partial charge < -0.3 is 9.47 Å². The molecule has 0 aliphatic carbocycles. The second kappa shape index (κ2) is 18.4. The van der Waals surface area contributed by atoms with Crippen molar-refractivity contribution in [3.63, 3.8) is 0 Å². The molecule has 0 bridgehead atoms. The summed E-state index contributed by atoms with van der Waals surface area (Å²) in [5.74, 6) is 0. The Morgan fingerprint density at radius 3 is 1.58 bits per heavy atom. The summed E-state index contributed by atoms with van der Waals surface area (Å²) in [5.41, 5.74) is 0. The monoisotopic (exact) mass is 336 g/mol. The average Bonchev–Trinajstić information content (AvgIpc) is 2.43. The van der Waals surface area contributed by atoms with E-state index in [1.165, 1.54) is 64.2 Å². The number of halogens is 1. The van der Waals surface area contributed by atoms with Gasteiger partial charge in [-0.2, -0.15) is 0 Å². The lowest BCUT2D eigenvalue weighted by atomic mass is 10.1. The maximum Gasteiger partial charge on any atom is 0.0700 e. The molecular weight excluding hydrogens is 304 g/mol. The molecule has 0 atom stereocenters. The van der Waals surface area contributed by atoms with Crippen molar-refractivity contribution in [2.75, 3.05) is 31.8 Å². The van der Waals surface area contributed by atoms with Crippen molar-refractivity contribution in [2.45, 2.75) is 71.1 Å². The highest BCUT2D eigenvalue weighted by Crippen LogP contribution is 2.10. The van der Waals surface area contributed by atoms with E-state index >= 15 is 0 Å². The third kappa shape index (κ3) is 18.4. The van der Waals surface area contributed by atoms with Crippen molar-refractivity contribution < 1.29 is 9.47 Å². The number of alkyl halides is 1. The van der Waals surface area contributed by atoms with Crippen LogP contribution in [0.25, 0.3) is 0 Å². The standard InChI is InChI=1S/C16H33BrO2/c1-2-3-4-5-6-7-8-9-10-11-13-18-15-16-19-14-12-17/h2-16H2,1H3. The highest BCUT2D eigenvalue weighted by Gasteiger charge is 1.93. The molecule has 19 heavy (non-hydrogen) atoms. The number of unbranched alkanes of at least 4 members (excludes halogenated alkanes) is 9. The minimum Gasteiger partial charge on any atom is -0.379 e. The zero-order valence-corrected chi connectivity index (χ0v) is 14.4. The van der Waals surface area contributed by atoms with E-state index in [1.807, 2.05) is 0 Å². The Hall–Kier alpha value is 0.400. The maximum absolute atomic E-state index is 5.51. The van der Waals surface area contributed by atoms with Crippen LogP contribution in [-0.2, 0) is 9.47 Å². The van der Waals surface area contributed by atoms with Crippen LogP contribution >= 0.6 is 15.9 Å². The summed E-state index contributed by atoms with van der Waals surface area (Å²) in [6.45, 7) is 5.42.